The highest BCUT2D eigenvalue weighted by atomic mass is 19.1. The maximum absolute atomic E-state index is 13.6. The molecular weight excluding hydrogens is 241 g/mol. The molecule has 0 amide bonds. The molecule has 1 unspecified atom stereocenters. The van der Waals surface area contributed by atoms with E-state index in [4.69, 9.17) is 0 Å². The minimum absolute atomic E-state index is 0.111. The number of hydrogen-bond donors (Lipinski definition) is 0. The molecule has 0 saturated heterocycles. The molecule has 0 N–H and O–H groups in total. The lowest BCUT2D eigenvalue weighted by Crippen LogP contribution is -2.37. The maximum Gasteiger partial charge on any atom is 0.169 e. The normalized spacial score (nSPS) is 13.0. The van der Waals surface area contributed by atoms with Gasteiger partial charge in [-0.05, 0) is 38.9 Å². The molecule has 1 atom stereocenters. The fraction of sp³-hybridized carbons (Fsp3) is 0.562. The van der Waals surface area contributed by atoms with Crippen molar-refractivity contribution in [2.45, 2.75) is 40.2 Å². The van der Waals surface area contributed by atoms with Crippen molar-refractivity contribution in [2.24, 2.45) is 5.92 Å². The van der Waals surface area contributed by atoms with E-state index in [9.17, 15) is 9.18 Å². The highest BCUT2D eigenvalue weighted by Crippen LogP contribution is 2.15. The van der Waals surface area contributed by atoms with Crippen LogP contribution in [0.15, 0.2) is 24.3 Å². The Balaban J connectivity index is 2.74. The molecule has 0 aliphatic rings. The van der Waals surface area contributed by atoms with Gasteiger partial charge in [0.25, 0.3) is 0 Å². The second-order valence-electron chi connectivity index (χ2n) is 5.33. The fourth-order valence-electron chi connectivity index (χ4n) is 2.21. The molecule has 0 heterocycles. The molecule has 0 aromatic heterocycles. The van der Waals surface area contributed by atoms with E-state index in [2.05, 4.69) is 25.7 Å². The number of ketones is 1. The van der Waals surface area contributed by atoms with Gasteiger partial charge in [0.1, 0.15) is 5.82 Å². The van der Waals surface area contributed by atoms with Gasteiger partial charge in [0, 0.05) is 18.5 Å². The standard InChI is InChI=1S/C16H24FNO/c1-5-10-18(12(2)3)11-13(4)16(19)14-8-6-7-9-15(14)17/h6-9,12-13H,5,10-11H2,1-4H3. The Morgan fingerprint density at radius 3 is 2.42 bits per heavy atom. The molecule has 106 valence electrons. The van der Waals surface area contributed by atoms with Crippen molar-refractivity contribution in [2.75, 3.05) is 13.1 Å². The largest absolute Gasteiger partial charge is 0.300 e. The molecule has 0 saturated carbocycles. The smallest absolute Gasteiger partial charge is 0.169 e. The number of benzene rings is 1. The van der Waals surface area contributed by atoms with Crippen molar-refractivity contribution in [1.82, 2.24) is 4.90 Å². The van der Waals surface area contributed by atoms with E-state index < -0.39 is 5.82 Å². The van der Waals surface area contributed by atoms with Crippen LogP contribution in [0.5, 0.6) is 0 Å². The van der Waals surface area contributed by atoms with Gasteiger partial charge in [0.2, 0.25) is 0 Å². The van der Waals surface area contributed by atoms with E-state index in [1.165, 1.54) is 6.07 Å². The number of hydrogen-bond acceptors (Lipinski definition) is 2. The van der Waals surface area contributed by atoms with Crippen LogP contribution in [0.25, 0.3) is 0 Å². The molecule has 1 rings (SSSR count). The first-order chi connectivity index (χ1) is 8.97. The second-order valence-corrected chi connectivity index (χ2v) is 5.33. The lowest BCUT2D eigenvalue weighted by Gasteiger charge is -2.28. The molecule has 0 fully saturated rings. The maximum atomic E-state index is 13.6. The van der Waals surface area contributed by atoms with Crippen LogP contribution in [-0.4, -0.2) is 29.8 Å². The Morgan fingerprint density at radius 1 is 1.26 bits per heavy atom. The van der Waals surface area contributed by atoms with E-state index in [1.54, 1.807) is 18.2 Å². The summed E-state index contributed by atoms with van der Waals surface area (Å²) in [4.78, 5) is 14.5. The van der Waals surface area contributed by atoms with Crippen LogP contribution in [-0.2, 0) is 0 Å². The van der Waals surface area contributed by atoms with Gasteiger partial charge in [-0.2, -0.15) is 0 Å². The van der Waals surface area contributed by atoms with Crippen LogP contribution in [0.2, 0.25) is 0 Å². The predicted octanol–water partition coefficient (Wildman–Crippen LogP) is 3.76. The molecule has 19 heavy (non-hydrogen) atoms. The second kappa shape index (κ2) is 7.39. The van der Waals surface area contributed by atoms with Gasteiger partial charge in [-0.1, -0.05) is 26.0 Å². The van der Waals surface area contributed by atoms with Gasteiger partial charge in [0.15, 0.2) is 5.78 Å². The van der Waals surface area contributed by atoms with Crippen LogP contribution in [0.4, 0.5) is 4.39 Å². The van der Waals surface area contributed by atoms with Crippen molar-refractivity contribution < 1.29 is 9.18 Å². The van der Waals surface area contributed by atoms with E-state index in [1.807, 2.05) is 6.92 Å². The molecule has 1 aromatic rings. The van der Waals surface area contributed by atoms with Crippen molar-refractivity contribution in [3.63, 3.8) is 0 Å². The monoisotopic (exact) mass is 265 g/mol. The molecule has 3 heteroatoms. The zero-order chi connectivity index (χ0) is 14.4. The van der Waals surface area contributed by atoms with Gasteiger partial charge >= 0.3 is 0 Å². The third kappa shape index (κ3) is 4.43. The SMILES string of the molecule is CCCN(CC(C)C(=O)c1ccccc1F)C(C)C. The van der Waals surface area contributed by atoms with Gasteiger partial charge < -0.3 is 4.90 Å². The number of nitrogens with zero attached hydrogens (tertiary/aromatic N) is 1. The molecule has 2 nitrogen and oxygen atoms in total. The highest BCUT2D eigenvalue weighted by molar-refractivity contribution is 5.98. The van der Waals surface area contributed by atoms with Crippen molar-refractivity contribution >= 4 is 5.78 Å². The zero-order valence-corrected chi connectivity index (χ0v) is 12.3. The molecule has 0 aliphatic carbocycles. The Hall–Kier alpha value is -1.22. The summed E-state index contributed by atoms with van der Waals surface area (Å²) in [6, 6.07) is 6.61. The number of rotatable bonds is 7. The van der Waals surface area contributed by atoms with Crippen LogP contribution in [0.1, 0.15) is 44.5 Å². The lowest BCUT2D eigenvalue weighted by atomic mass is 9.98. The summed E-state index contributed by atoms with van der Waals surface area (Å²) >= 11 is 0. The van der Waals surface area contributed by atoms with E-state index >= 15 is 0 Å². The Kier molecular flexibility index (Phi) is 6.16. The summed E-state index contributed by atoms with van der Waals surface area (Å²) < 4.78 is 13.6. The highest BCUT2D eigenvalue weighted by Gasteiger charge is 2.21. The predicted molar refractivity (Wildman–Crippen MR) is 76.9 cm³/mol. The third-order valence-corrected chi connectivity index (χ3v) is 3.34. The van der Waals surface area contributed by atoms with Crippen LogP contribution in [0, 0.1) is 11.7 Å². The fourth-order valence-corrected chi connectivity index (χ4v) is 2.21. The molecule has 0 bridgehead atoms. The van der Waals surface area contributed by atoms with Crippen molar-refractivity contribution in [3.8, 4) is 0 Å². The van der Waals surface area contributed by atoms with Gasteiger partial charge in [-0.3, -0.25) is 4.79 Å². The van der Waals surface area contributed by atoms with Gasteiger partial charge in [-0.15, -0.1) is 0 Å². The molecule has 0 radical (unpaired) electrons. The Bertz CT molecular complexity index is 417. The molecular formula is C16H24FNO. The van der Waals surface area contributed by atoms with E-state index in [-0.39, 0.29) is 17.3 Å². The average molecular weight is 265 g/mol. The van der Waals surface area contributed by atoms with Gasteiger partial charge in [-0.25, -0.2) is 4.39 Å². The van der Waals surface area contributed by atoms with Crippen LogP contribution < -0.4 is 0 Å². The van der Waals surface area contributed by atoms with Gasteiger partial charge in [0.05, 0.1) is 5.56 Å². The number of halogens is 1. The van der Waals surface area contributed by atoms with Crippen LogP contribution >= 0.6 is 0 Å². The number of carbonyl (C=O) groups excluding carboxylic acids is 1. The summed E-state index contributed by atoms with van der Waals surface area (Å²) in [5.41, 5.74) is 0.204. The topological polar surface area (TPSA) is 20.3 Å². The molecule has 0 aliphatic heterocycles. The van der Waals surface area contributed by atoms with Crippen molar-refractivity contribution in [1.29, 1.82) is 0 Å². The van der Waals surface area contributed by atoms with Crippen LogP contribution in [0.3, 0.4) is 0 Å². The zero-order valence-electron chi connectivity index (χ0n) is 12.3. The first-order valence-corrected chi connectivity index (χ1v) is 7.00. The Morgan fingerprint density at radius 2 is 1.89 bits per heavy atom. The quantitative estimate of drug-likeness (QED) is 0.700. The summed E-state index contributed by atoms with van der Waals surface area (Å²) in [6.07, 6.45) is 1.05. The summed E-state index contributed by atoms with van der Waals surface area (Å²) in [7, 11) is 0. The number of carbonyl (C=O) groups is 1. The summed E-state index contributed by atoms with van der Waals surface area (Å²) in [5, 5.41) is 0. The summed E-state index contributed by atoms with van der Waals surface area (Å²) in [5.74, 6) is -0.725. The molecule has 0 spiro atoms. The first-order valence-electron chi connectivity index (χ1n) is 7.00. The van der Waals surface area contributed by atoms with E-state index in [0.717, 1.165) is 13.0 Å². The minimum atomic E-state index is -0.425. The average Bonchev–Trinajstić information content (AvgIpc) is 2.37. The Labute approximate surface area is 115 Å². The first kappa shape index (κ1) is 15.8. The lowest BCUT2D eigenvalue weighted by molar-refractivity contribution is 0.0873. The van der Waals surface area contributed by atoms with Crippen molar-refractivity contribution in [3.05, 3.63) is 35.6 Å². The summed E-state index contributed by atoms with van der Waals surface area (Å²) in [6.45, 7) is 9.88. The number of Topliss-reactive ketones (excluding diaryl/α,β-unsaturated/α-hetero) is 1. The van der Waals surface area contributed by atoms with E-state index in [0.29, 0.717) is 12.6 Å². The minimum Gasteiger partial charge on any atom is -0.300 e. The third-order valence-electron chi connectivity index (χ3n) is 3.34. The molecule has 1 aromatic carbocycles.